The predicted octanol–water partition coefficient (Wildman–Crippen LogP) is 2.63. The number of nitrogens with one attached hydrogen (secondary N) is 1. The highest BCUT2D eigenvalue weighted by molar-refractivity contribution is 6.01. The summed E-state index contributed by atoms with van der Waals surface area (Å²) in [6.45, 7) is 2.11. The predicted molar refractivity (Wildman–Crippen MR) is 79.2 cm³/mol. The second-order valence-corrected chi connectivity index (χ2v) is 4.83. The van der Waals surface area contributed by atoms with Crippen molar-refractivity contribution < 1.29 is 18.3 Å². The largest absolute Gasteiger partial charge is 0.457 e. The maximum absolute atomic E-state index is 13.1. The third kappa shape index (κ3) is 3.71. The van der Waals surface area contributed by atoms with Crippen molar-refractivity contribution >= 4 is 23.0 Å². The Labute approximate surface area is 127 Å². The van der Waals surface area contributed by atoms with Crippen molar-refractivity contribution in [3.05, 3.63) is 41.4 Å². The zero-order valence-corrected chi connectivity index (χ0v) is 12.2. The Kier molecular flexibility index (Phi) is 4.92. The monoisotopic (exact) mass is 302 g/mol. The van der Waals surface area contributed by atoms with E-state index in [0.717, 1.165) is 0 Å². The lowest BCUT2D eigenvalue weighted by atomic mass is 10.2. The molecule has 0 radical (unpaired) electrons. The van der Waals surface area contributed by atoms with Gasteiger partial charge in [0.1, 0.15) is 28.8 Å². The number of carbonyl (C=O) groups excluding carboxylic acids is 1. The molecule has 1 amide bonds. The molecule has 0 aliphatic heterocycles. The van der Waals surface area contributed by atoms with E-state index in [4.69, 9.17) is 14.4 Å². The second kappa shape index (κ2) is 6.87. The van der Waals surface area contributed by atoms with Crippen LogP contribution < -0.4 is 5.32 Å². The first-order valence-corrected chi connectivity index (χ1v) is 6.64. The van der Waals surface area contributed by atoms with E-state index in [1.165, 1.54) is 31.4 Å². The maximum Gasteiger partial charge on any atom is 0.262 e. The quantitative estimate of drug-likeness (QED) is 0.680. The highest BCUT2D eigenvalue weighted by atomic mass is 19.1. The van der Waals surface area contributed by atoms with Crippen molar-refractivity contribution in [2.45, 2.75) is 13.0 Å². The molecule has 1 N–H and O–H groups in total. The SMILES string of the molecule is COC[C@H](C)NC(=O)/C(C#N)=C\c1cc2cc(F)ccc2o1. The zero-order chi connectivity index (χ0) is 16.1. The van der Waals surface area contributed by atoms with Crippen molar-refractivity contribution in [3.63, 3.8) is 0 Å². The number of methoxy groups -OCH3 is 1. The van der Waals surface area contributed by atoms with E-state index in [1.807, 2.05) is 6.07 Å². The molecule has 5 nitrogen and oxygen atoms in total. The van der Waals surface area contributed by atoms with E-state index in [0.29, 0.717) is 23.3 Å². The second-order valence-electron chi connectivity index (χ2n) is 4.83. The van der Waals surface area contributed by atoms with E-state index in [9.17, 15) is 9.18 Å². The van der Waals surface area contributed by atoms with Crippen molar-refractivity contribution in [2.75, 3.05) is 13.7 Å². The van der Waals surface area contributed by atoms with E-state index in [1.54, 1.807) is 13.0 Å². The molecule has 2 aromatic rings. The summed E-state index contributed by atoms with van der Waals surface area (Å²) in [5.74, 6) is -0.583. The van der Waals surface area contributed by atoms with Gasteiger partial charge >= 0.3 is 0 Å². The summed E-state index contributed by atoms with van der Waals surface area (Å²) in [5.41, 5.74) is 0.389. The first kappa shape index (κ1) is 15.7. The number of fused-ring (bicyclic) bond motifs is 1. The van der Waals surface area contributed by atoms with Gasteiger partial charge < -0.3 is 14.5 Å². The van der Waals surface area contributed by atoms with Gasteiger partial charge in [-0.2, -0.15) is 5.26 Å². The van der Waals surface area contributed by atoms with Gasteiger partial charge in [0.05, 0.1) is 6.61 Å². The number of carbonyl (C=O) groups is 1. The van der Waals surface area contributed by atoms with Crippen LogP contribution in [0.3, 0.4) is 0 Å². The minimum atomic E-state index is -0.515. The summed E-state index contributed by atoms with van der Waals surface area (Å²) in [4.78, 5) is 12.0. The standard InChI is InChI=1S/C16H15FN2O3/c1-10(9-21-2)19-16(20)12(8-18)7-14-6-11-5-13(17)3-4-15(11)22-14/h3-7,10H,9H2,1-2H3,(H,19,20)/b12-7-/t10-/m0/s1. The number of benzene rings is 1. The fourth-order valence-corrected chi connectivity index (χ4v) is 1.99. The van der Waals surface area contributed by atoms with Crippen LogP contribution in [0.1, 0.15) is 12.7 Å². The van der Waals surface area contributed by atoms with Gasteiger partial charge in [-0.15, -0.1) is 0 Å². The average Bonchev–Trinajstić information content (AvgIpc) is 2.86. The molecule has 22 heavy (non-hydrogen) atoms. The van der Waals surface area contributed by atoms with Gasteiger partial charge in [0.25, 0.3) is 5.91 Å². The van der Waals surface area contributed by atoms with Crippen LogP contribution >= 0.6 is 0 Å². The van der Waals surface area contributed by atoms with Crippen molar-refractivity contribution in [3.8, 4) is 6.07 Å². The number of hydrogen-bond donors (Lipinski definition) is 1. The Balaban J connectivity index is 2.23. The number of rotatable bonds is 5. The summed E-state index contributed by atoms with van der Waals surface area (Å²) in [6, 6.07) is 7.27. The van der Waals surface area contributed by atoms with Gasteiger partial charge in [-0.05, 0) is 31.2 Å². The lowest BCUT2D eigenvalue weighted by Gasteiger charge is -2.11. The number of furan rings is 1. The minimum absolute atomic E-state index is 0.0949. The third-order valence-corrected chi connectivity index (χ3v) is 2.94. The number of halogens is 1. The highest BCUT2D eigenvalue weighted by Gasteiger charge is 2.13. The molecule has 114 valence electrons. The molecule has 0 aliphatic rings. The molecule has 2 rings (SSSR count). The van der Waals surface area contributed by atoms with E-state index in [2.05, 4.69) is 5.32 Å². The molecule has 1 atom stereocenters. The highest BCUT2D eigenvalue weighted by Crippen LogP contribution is 2.22. The molecular weight excluding hydrogens is 287 g/mol. The van der Waals surface area contributed by atoms with Crippen LogP contribution in [0.15, 0.2) is 34.3 Å². The lowest BCUT2D eigenvalue weighted by molar-refractivity contribution is -0.117. The molecule has 1 aromatic heterocycles. The molecule has 0 saturated carbocycles. The molecule has 1 heterocycles. The van der Waals surface area contributed by atoms with Gasteiger partial charge in [-0.25, -0.2) is 4.39 Å². The van der Waals surface area contributed by atoms with Crippen LogP contribution in [0, 0.1) is 17.1 Å². The van der Waals surface area contributed by atoms with Gasteiger partial charge in [0.15, 0.2) is 0 Å². The van der Waals surface area contributed by atoms with E-state index >= 15 is 0 Å². The summed E-state index contributed by atoms with van der Waals surface area (Å²) in [6.07, 6.45) is 1.33. The van der Waals surface area contributed by atoms with Crippen molar-refractivity contribution in [1.29, 1.82) is 5.26 Å². The Morgan fingerprint density at radius 2 is 2.32 bits per heavy atom. The van der Waals surface area contributed by atoms with Gasteiger partial charge in [-0.1, -0.05) is 0 Å². The Bertz CT molecular complexity index is 758. The normalized spacial score (nSPS) is 12.9. The zero-order valence-electron chi connectivity index (χ0n) is 12.2. The molecule has 6 heteroatoms. The molecule has 0 unspecified atom stereocenters. The van der Waals surface area contributed by atoms with Gasteiger partial charge in [0, 0.05) is 24.6 Å². The molecule has 0 saturated heterocycles. The van der Waals surface area contributed by atoms with Crippen LogP contribution in [0.2, 0.25) is 0 Å². The van der Waals surface area contributed by atoms with Crippen LogP contribution in [0.25, 0.3) is 17.0 Å². The number of nitriles is 1. The van der Waals surface area contributed by atoms with Crippen LogP contribution in [-0.4, -0.2) is 25.7 Å². The van der Waals surface area contributed by atoms with Crippen LogP contribution in [-0.2, 0) is 9.53 Å². The van der Waals surface area contributed by atoms with Crippen molar-refractivity contribution in [1.82, 2.24) is 5.32 Å². The number of amides is 1. The fraction of sp³-hybridized carbons (Fsp3) is 0.250. The summed E-state index contributed by atoms with van der Waals surface area (Å²) < 4.78 is 23.5. The average molecular weight is 302 g/mol. The maximum atomic E-state index is 13.1. The molecule has 0 fully saturated rings. The summed E-state index contributed by atoms with van der Waals surface area (Å²) in [5, 5.41) is 12.3. The molecule has 0 bridgehead atoms. The first-order valence-electron chi connectivity index (χ1n) is 6.64. The number of nitrogens with zero attached hydrogens (tertiary/aromatic N) is 1. The fourth-order valence-electron chi connectivity index (χ4n) is 1.99. The van der Waals surface area contributed by atoms with Crippen LogP contribution in [0.5, 0.6) is 0 Å². The topological polar surface area (TPSA) is 75.3 Å². The summed E-state index contributed by atoms with van der Waals surface area (Å²) in [7, 11) is 1.53. The number of ether oxygens (including phenoxy) is 1. The number of hydrogen-bond acceptors (Lipinski definition) is 4. The molecular formula is C16H15FN2O3. The smallest absolute Gasteiger partial charge is 0.262 e. The van der Waals surface area contributed by atoms with E-state index in [-0.39, 0.29) is 17.4 Å². The summed E-state index contributed by atoms with van der Waals surface area (Å²) >= 11 is 0. The Hall–Kier alpha value is -2.65. The van der Waals surface area contributed by atoms with Crippen molar-refractivity contribution in [2.24, 2.45) is 0 Å². The molecule has 0 aliphatic carbocycles. The Morgan fingerprint density at radius 1 is 1.55 bits per heavy atom. The Morgan fingerprint density at radius 3 is 3.00 bits per heavy atom. The van der Waals surface area contributed by atoms with E-state index < -0.39 is 5.91 Å². The van der Waals surface area contributed by atoms with Gasteiger partial charge in [-0.3, -0.25) is 4.79 Å². The minimum Gasteiger partial charge on any atom is -0.457 e. The molecule has 0 spiro atoms. The van der Waals surface area contributed by atoms with Gasteiger partial charge in [0.2, 0.25) is 0 Å². The van der Waals surface area contributed by atoms with Crippen LogP contribution in [0.4, 0.5) is 4.39 Å². The first-order chi connectivity index (χ1) is 10.5. The molecule has 1 aromatic carbocycles. The lowest BCUT2D eigenvalue weighted by Crippen LogP contribution is -2.36. The third-order valence-electron chi connectivity index (χ3n) is 2.94.